The van der Waals surface area contributed by atoms with Gasteiger partial charge < -0.3 is 14.5 Å². The molecule has 0 amide bonds. The van der Waals surface area contributed by atoms with E-state index in [9.17, 15) is 0 Å². The van der Waals surface area contributed by atoms with E-state index in [1.54, 1.807) is 6.26 Å². The van der Waals surface area contributed by atoms with Gasteiger partial charge in [-0.1, -0.05) is 6.07 Å². The number of ether oxygens (including phenoxy) is 1. The number of rotatable bonds is 6. The number of hydrogen-bond donors (Lipinski definition) is 1. The first kappa shape index (κ1) is 13.7. The normalized spacial score (nSPS) is 14.5. The lowest BCUT2D eigenvalue weighted by Gasteiger charge is -2.09. The fraction of sp³-hybridized carbons (Fsp3) is 0.375. The van der Waals surface area contributed by atoms with Crippen LogP contribution in [0.25, 0.3) is 0 Å². The second-order valence-corrected chi connectivity index (χ2v) is 6.10. The lowest BCUT2D eigenvalue weighted by Crippen LogP contribution is -2.16. The van der Waals surface area contributed by atoms with Crippen LogP contribution in [0.2, 0.25) is 0 Å². The van der Waals surface area contributed by atoms with Crippen molar-refractivity contribution in [3.05, 3.63) is 51.9 Å². The van der Waals surface area contributed by atoms with Crippen molar-refractivity contribution >= 4 is 15.9 Å². The zero-order valence-corrected chi connectivity index (χ0v) is 13.1. The molecule has 1 fully saturated rings. The van der Waals surface area contributed by atoms with Crippen LogP contribution in [0.15, 0.2) is 39.4 Å². The summed E-state index contributed by atoms with van der Waals surface area (Å²) in [5.41, 5.74) is 2.39. The second-order valence-electron chi connectivity index (χ2n) is 5.25. The molecular formula is C16H18BrNO2. The van der Waals surface area contributed by atoms with Crippen LogP contribution in [0.5, 0.6) is 5.75 Å². The molecule has 1 aromatic carbocycles. The summed E-state index contributed by atoms with van der Waals surface area (Å²) in [7, 11) is 0. The highest BCUT2D eigenvalue weighted by Crippen LogP contribution is 2.27. The van der Waals surface area contributed by atoms with Gasteiger partial charge in [0.05, 0.1) is 10.7 Å². The van der Waals surface area contributed by atoms with Gasteiger partial charge in [0.1, 0.15) is 18.1 Å². The van der Waals surface area contributed by atoms with Crippen LogP contribution in [-0.4, -0.2) is 6.04 Å². The van der Waals surface area contributed by atoms with E-state index in [0.29, 0.717) is 12.6 Å². The Morgan fingerprint density at radius 2 is 2.20 bits per heavy atom. The fourth-order valence-electron chi connectivity index (χ4n) is 2.06. The van der Waals surface area contributed by atoms with Crippen molar-refractivity contribution in [1.29, 1.82) is 0 Å². The minimum Gasteiger partial charge on any atom is -0.484 e. The molecule has 0 aliphatic heterocycles. The Morgan fingerprint density at radius 1 is 1.35 bits per heavy atom. The van der Waals surface area contributed by atoms with Crippen LogP contribution >= 0.6 is 15.9 Å². The molecule has 0 saturated heterocycles. The Morgan fingerprint density at radius 3 is 2.95 bits per heavy atom. The molecule has 1 heterocycles. The van der Waals surface area contributed by atoms with E-state index in [1.807, 2.05) is 24.3 Å². The van der Waals surface area contributed by atoms with Crippen molar-refractivity contribution in [1.82, 2.24) is 5.32 Å². The predicted octanol–water partition coefficient (Wildman–Crippen LogP) is 4.18. The van der Waals surface area contributed by atoms with Gasteiger partial charge in [0.2, 0.25) is 0 Å². The fourth-order valence-corrected chi connectivity index (χ4v) is 2.67. The molecule has 4 heteroatoms. The molecule has 106 valence electrons. The van der Waals surface area contributed by atoms with E-state index in [2.05, 4.69) is 28.2 Å². The Bertz CT molecular complexity index is 590. The van der Waals surface area contributed by atoms with Gasteiger partial charge in [-0.05, 0) is 59.5 Å². The number of nitrogens with one attached hydrogen (secondary N) is 1. The summed E-state index contributed by atoms with van der Waals surface area (Å²) in [5, 5.41) is 3.49. The van der Waals surface area contributed by atoms with E-state index in [1.165, 1.54) is 24.0 Å². The van der Waals surface area contributed by atoms with Crippen LogP contribution in [0.4, 0.5) is 0 Å². The van der Waals surface area contributed by atoms with Crippen molar-refractivity contribution in [2.45, 2.75) is 39.0 Å². The van der Waals surface area contributed by atoms with Gasteiger partial charge in [-0.15, -0.1) is 0 Å². The third-order valence-corrected chi connectivity index (χ3v) is 4.06. The van der Waals surface area contributed by atoms with Gasteiger partial charge in [0.25, 0.3) is 0 Å². The highest BCUT2D eigenvalue weighted by Gasteiger charge is 2.21. The first-order valence-electron chi connectivity index (χ1n) is 6.90. The maximum Gasteiger partial charge on any atom is 0.146 e. The largest absolute Gasteiger partial charge is 0.484 e. The lowest BCUT2D eigenvalue weighted by atomic mass is 10.2. The summed E-state index contributed by atoms with van der Waals surface area (Å²) in [4.78, 5) is 0. The molecule has 1 aromatic heterocycles. The van der Waals surface area contributed by atoms with E-state index in [0.717, 1.165) is 22.5 Å². The number of furan rings is 1. The maximum absolute atomic E-state index is 5.83. The Hall–Kier alpha value is -1.26. The highest BCUT2D eigenvalue weighted by atomic mass is 79.9. The van der Waals surface area contributed by atoms with Crippen LogP contribution < -0.4 is 10.1 Å². The van der Waals surface area contributed by atoms with Crippen molar-refractivity contribution in [2.24, 2.45) is 0 Å². The van der Waals surface area contributed by atoms with E-state index in [4.69, 9.17) is 9.15 Å². The van der Waals surface area contributed by atoms with Gasteiger partial charge in [0.15, 0.2) is 0 Å². The molecule has 1 aliphatic carbocycles. The molecule has 0 radical (unpaired) electrons. The van der Waals surface area contributed by atoms with Crippen molar-refractivity contribution in [2.75, 3.05) is 0 Å². The number of halogens is 1. The third kappa shape index (κ3) is 3.44. The standard InChI is InChI=1S/C16H18BrNO2/c1-11-2-5-15(14(17)8-11)20-10-16-12(6-7-19-16)9-18-13-3-4-13/h2,5-8,13,18H,3-4,9-10H2,1H3. The molecule has 1 saturated carbocycles. The summed E-state index contributed by atoms with van der Waals surface area (Å²) >= 11 is 3.52. The Balaban J connectivity index is 1.61. The molecule has 2 aromatic rings. The minimum absolute atomic E-state index is 0.455. The first-order chi connectivity index (χ1) is 9.72. The van der Waals surface area contributed by atoms with Crippen LogP contribution in [0.3, 0.4) is 0 Å². The molecule has 0 unspecified atom stereocenters. The number of benzene rings is 1. The maximum atomic E-state index is 5.83. The molecule has 1 aliphatic rings. The molecule has 3 rings (SSSR count). The minimum atomic E-state index is 0.455. The molecule has 1 N–H and O–H groups in total. The van der Waals surface area contributed by atoms with Gasteiger partial charge in [-0.3, -0.25) is 0 Å². The topological polar surface area (TPSA) is 34.4 Å². The van der Waals surface area contributed by atoms with Crippen molar-refractivity contribution in [3.8, 4) is 5.75 Å². The summed E-state index contributed by atoms with van der Waals surface area (Å²) in [5.74, 6) is 1.73. The van der Waals surface area contributed by atoms with Gasteiger partial charge >= 0.3 is 0 Å². The van der Waals surface area contributed by atoms with Crippen LogP contribution in [-0.2, 0) is 13.2 Å². The van der Waals surface area contributed by atoms with Crippen molar-refractivity contribution in [3.63, 3.8) is 0 Å². The zero-order valence-electron chi connectivity index (χ0n) is 11.5. The smallest absolute Gasteiger partial charge is 0.146 e. The second kappa shape index (κ2) is 6.02. The van der Waals surface area contributed by atoms with Gasteiger partial charge in [-0.2, -0.15) is 0 Å². The Kier molecular flexibility index (Phi) is 4.13. The monoisotopic (exact) mass is 335 g/mol. The highest BCUT2D eigenvalue weighted by molar-refractivity contribution is 9.10. The Labute approximate surface area is 127 Å². The van der Waals surface area contributed by atoms with Gasteiger partial charge in [0, 0.05) is 18.2 Å². The first-order valence-corrected chi connectivity index (χ1v) is 7.69. The zero-order chi connectivity index (χ0) is 13.9. The van der Waals surface area contributed by atoms with E-state index < -0.39 is 0 Å². The third-order valence-electron chi connectivity index (χ3n) is 3.44. The molecule has 0 bridgehead atoms. The van der Waals surface area contributed by atoms with Crippen LogP contribution in [0, 0.1) is 6.92 Å². The SMILES string of the molecule is Cc1ccc(OCc2occc2CNC2CC2)c(Br)c1. The molecule has 20 heavy (non-hydrogen) atoms. The number of aryl methyl sites for hydroxylation is 1. The summed E-state index contributed by atoms with van der Waals surface area (Å²) in [6, 6.07) is 8.78. The summed E-state index contributed by atoms with van der Waals surface area (Å²) in [6.45, 7) is 3.37. The van der Waals surface area contributed by atoms with Crippen molar-refractivity contribution < 1.29 is 9.15 Å². The summed E-state index contributed by atoms with van der Waals surface area (Å²) < 4.78 is 12.3. The van der Waals surface area contributed by atoms with Crippen LogP contribution in [0.1, 0.15) is 29.7 Å². The molecule has 3 nitrogen and oxygen atoms in total. The lowest BCUT2D eigenvalue weighted by molar-refractivity contribution is 0.266. The predicted molar refractivity (Wildman–Crippen MR) is 81.8 cm³/mol. The molecule has 0 atom stereocenters. The van der Waals surface area contributed by atoms with E-state index in [-0.39, 0.29) is 0 Å². The number of hydrogen-bond acceptors (Lipinski definition) is 3. The van der Waals surface area contributed by atoms with E-state index >= 15 is 0 Å². The quantitative estimate of drug-likeness (QED) is 0.859. The van der Waals surface area contributed by atoms with Gasteiger partial charge in [-0.25, -0.2) is 0 Å². The molecular weight excluding hydrogens is 318 g/mol. The molecule has 0 spiro atoms. The average molecular weight is 336 g/mol. The summed E-state index contributed by atoms with van der Waals surface area (Å²) in [6.07, 6.45) is 4.31. The average Bonchev–Trinajstić information content (AvgIpc) is 3.14.